The maximum Gasteiger partial charge on any atom is 0.119 e. The van der Waals surface area contributed by atoms with Crippen LogP contribution in [0.4, 0.5) is 0 Å². The van der Waals surface area contributed by atoms with Gasteiger partial charge in [-0.1, -0.05) is 57.6 Å². The Labute approximate surface area is 142 Å². The van der Waals surface area contributed by atoms with Crippen molar-refractivity contribution in [1.82, 2.24) is 0 Å². The molecule has 2 N–H and O–H groups in total. The van der Waals surface area contributed by atoms with Gasteiger partial charge in [-0.3, -0.25) is 0 Å². The number of benzene rings is 1. The Morgan fingerprint density at radius 1 is 0.696 bits per heavy atom. The lowest BCUT2D eigenvalue weighted by Crippen LogP contribution is -1.86. The fourth-order valence-corrected chi connectivity index (χ4v) is 2.85. The predicted octanol–water partition coefficient (Wildman–Crippen LogP) is 6.51. The predicted molar refractivity (Wildman–Crippen MR) is 99.1 cm³/mol. The maximum atomic E-state index is 9.43. The van der Waals surface area contributed by atoms with E-state index >= 15 is 0 Å². The van der Waals surface area contributed by atoms with E-state index in [9.17, 15) is 10.2 Å². The van der Waals surface area contributed by atoms with Crippen molar-refractivity contribution in [3.8, 4) is 11.5 Å². The average Bonchev–Trinajstić information content (AvgIpc) is 2.51. The van der Waals surface area contributed by atoms with Crippen molar-refractivity contribution in [3.63, 3.8) is 0 Å². The van der Waals surface area contributed by atoms with E-state index in [2.05, 4.69) is 19.1 Å². The first-order valence-corrected chi connectivity index (χ1v) is 9.39. The molecule has 130 valence electrons. The second-order valence-electron chi connectivity index (χ2n) is 6.48. The van der Waals surface area contributed by atoms with Crippen LogP contribution in [0.1, 0.15) is 83.1 Å². The van der Waals surface area contributed by atoms with Gasteiger partial charge in [0.2, 0.25) is 0 Å². The molecule has 0 amide bonds. The largest absolute Gasteiger partial charge is 0.508 e. The van der Waals surface area contributed by atoms with Crippen molar-refractivity contribution in [2.45, 2.75) is 84.0 Å². The highest BCUT2D eigenvalue weighted by molar-refractivity contribution is 5.36. The quantitative estimate of drug-likeness (QED) is 0.321. The first kappa shape index (κ1) is 19.6. The van der Waals surface area contributed by atoms with Gasteiger partial charge in [-0.25, -0.2) is 0 Å². The van der Waals surface area contributed by atoms with Crippen LogP contribution in [-0.4, -0.2) is 10.2 Å². The van der Waals surface area contributed by atoms with Gasteiger partial charge in [0.25, 0.3) is 0 Å². The molecule has 23 heavy (non-hydrogen) atoms. The molecule has 2 nitrogen and oxygen atoms in total. The lowest BCUT2D eigenvalue weighted by Gasteiger charge is -2.03. The average molecular weight is 319 g/mol. The van der Waals surface area contributed by atoms with Gasteiger partial charge in [-0.05, 0) is 56.2 Å². The van der Waals surface area contributed by atoms with Crippen molar-refractivity contribution in [1.29, 1.82) is 0 Å². The summed E-state index contributed by atoms with van der Waals surface area (Å²) in [5, 5.41) is 18.9. The molecular weight excluding hydrogens is 284 g/mol. The summed E-state index contributed by atoms with van der Waals surface area (Å²) in [6.07, 6.45) is 19.7. The summed E-state index contributed by atoms with van der Waals surface area (Å²) >= 11 is 0. The van der Waals surface area contributed by atoms with E-state index in [1.807, 2.05) is 0 Å². The Morgan fingerprint density at radius 3 is 1.83 bits per heavy atom. The van der Waals surface area contributed by atoms with E-state index in [1.165, 1.54) is 70.3 Å². The zero-order chi connectivity index (χ0) is 16.8. The van der Waals surface area contributed by atoms with Gasteiger partial charge in [-0.2, -0.15) is 0 Å². The second-order valence-corrected chi connectivity index (χ2v) is 6.48. The Bertz CT molecular complexity index is 417. The highest BCUT2D eigenvalue weighted by Gasteiger charge is 1.99. The minimum Gasteiger partial charge on any atom is -0.508 e. The van der Waals surface area contributed by atoms with Crippen LogP contribution in [0.3, 0.4) is 0 Å². The standard InChI is InChI=1S/C21H34O2/c1-2-3-4-5-6-7-8-9-10-11-12-13-14-15-19-16-20(22)18-21(23)17-19/h9-10,16-18,22-23H,2-8,11-15H2,1H3/b10-9-. The third-order valence-electron chi connectivity index (χ3n) is 4.19. The molecule has 0 spiro atoms. The molecular formula is C21H34O2. The van der Waals surface area contributed by atoms with Gasteiger partial charge in [0.15, 0.2) is 0 Å². The van der Waals surface area contributed by atoms with Crippen molar-refractivity contribution >= 4 is 0 Å². The molecule has 1 aromatic rings. The smallest absolute Gasteiger partial charge is 0.119 e. The van der Waals surface area contributed by atoms with E-state index in [0.29, 0.717) is 0 Å². The lowest BCUT2D eigenvalue weighted by atomic mass is 10.1. The van der Waals surface area contributed by atoms with Crippen LogP contribution < -0.4 is 0 Å². The molecule has 0 saturated heterocycles. The lowest BCUT2D eigenvalue weighted by molar-refractivity contribution is 0.449. The highest BCUT2D eigenvalue weighted by Crippen LogP contribution is 2.21. The van der Waals surface area contributed by atoms with E-state index < -0.39 is 0 Å². The molecule has 0 aliphatic heterocycles. The zero-order valence-electron chi connectivity index (χ0n) is 14.8. The molecule has 2 heteroatoms. The van der Waals surface area contributed by atoms with Crippen LogP contribution >= 0.6 is 0 Å². The van der Waals surface area contributed by atoms with E-state index in [-0.39, 0.29) is 11.5 Å². The van der Waals surface area contributed by atoms with E-state index in [4.69, 9.17) is 0 Å². The molecule has 1 rings (SSSR count). The SMILES string of the molecule is CCCCCCCC/C=C\CCCCCc1cc(O)cc(O)c1. The summed E-state index contributed by atoms with van der Waals surface area (Å²) < 4.78 is 0. The number of aromatic hydroxyl groups is 2. The number of allylic oxidation sites excluding steroid dienone is 2. The third-order valence-corrected chi connectivity index (χ3v) is 4.19. The zero-order valence-corrected chi connectivity index (χ0v) is 14.8. The Hall–Kier alpha value is -1.44. The Balaban J connectivity index is 1.94. The number of phenolic OH excluding ortho intramolecular Hbond substituents is 2. The van der Waals surface area contributed by atoms with Crippen molar-refractivity contribution in [3.05, 3.63) is 35.9 Å². The third kappa shape index (κ3) is 10.8. The summed E-state index contributed by atoms with van der Waals surface area (Å²) in [6, 6.07) is 4.85. The molecule has 0 radical (unpaired) electrons. The number of aryl methyl sites for hydroxylation is 1. The summed E-state index contributed by atoms with van der Waals surface area (Å²) in [7, 11) is 0. The molecule has 0 aliphatic carbocycles. The van der Waals surface area contributed by atoms with Gasteiger partial charge in [0, 0.05) is 6.07 Å². The first-order valence-electron chi connectivity index (χ1n) is 9.39. The monoisotopic (exact) mass is 318 g/mol. The molecule has 0 saturated carbocycles. The number of phenols is 2. The van der Waals surface area contributed by atoms with Gasteiger partial charge >= 0.3 is 0 Å². The van der Waals surface area contributed by atoms with Gasteiger partial charge in [-0.15, -0.1) is 0 Å². The van der Waals surface area contributed by atoms with Crippen molar-refractivity contribution in [2.75, 3.05) is 0 Å². The van der Waals surface area contributed by atoms with Gasteiger partial charge in [0.05, 0.1) is 0 Å². The number of hydrogen-bond acceptors (Lipinski definition) is 2. The number of rotatable bonds is 13. The molecule has 0 unspecified atom stereocenters. The Kier molecular flexibility index (Phi) is 11.1. The van der Waals surface area contributed by atoms with Crippen LogP contribution in [0.25, 0.3) is 0 Å². The first-order chi connectivity index (χ1) is 11.2. The summed E-state index contributed by atoms with van der Waals surface area (Å²) in [4.78, 5) is 0. The molecule has 0 aromatic heterocycles. The van der Waals surface area contributed by atoms with E-state index in [1.54, 1.807) is 12.1 Å². The van der Waals surface area contributed by atoms with Crippen molar-refractivity contribution in [2.24, 2.45) is 0 Å². The maximum absolute atomic E-state index is 9.43. The molecule has 0 aliphatic rings. The normalized spacial score (nSPS) is 11.3. The number of hydrogen-bond donors (Lipinski definition) is 2. The summed E-state index contributed by atoms with van der Waals surface area (Å²) in [5.41, 5.74) is 1.01. The molecule has 1 aromatic carbocycles. The fraction of sp³-hybridized carbons (Fsp3) is 0.619. The van der Waals surface area contributed by atoms with E-state index in [0.717, 1.165) is 18.4 Å². The summed E-state index contributed by atoms with van der Waals surface area (Å²) in [5.74, 6) is 0.301. The molecule has 0 fully saturated rings. The summed E-state index contributed by atoms with van der Waals surface area (Å²) in [6.45, 7) is 2.26. The molecule has 0 heterocycles. The minimum atomic E-state index is 0.151. The van der Waals surface area contributed by atoms with Crippen LogP contribution in [0.15, 0.2) is 30.4 Å². The van der Waals surface area contributed by atoms with Crippen LogP contribution in [0.5, 0.6) is 11.5 Å². The van der Waals surface area contributed by atoms with Crippen LogP contribution in [-0.2, 0) is 6.42 Å². The topological polar surface area (TPSA) is 40.5 Å². The Morgan fingerprint density at radius 2 is 1.22 bits per heavy atom. The van der Waals surface area contributed by atoms with Gasteiger partial charge in [0.1, 0.15) is 11.5 Å². The number of unbranched alkanes of at least 4 members (excludes halogenated alkanes) is 9. The molecule has 0 atom stereocenters. The van der Waals surface area contributed by atoms with Crippen LogP contribution in [0.2, 0.25) is 0 Å². The minimum absolute atomic E-state index is 0.151. The molecule has 0 bridgehead atoms. The van der Waals surface area contributed by atoms with Crippen molar-refractivity contribution < 1.29 is 10.2 Å². The van der Waals surface area contributed by atoms with Gasteiger partial charge < -0.3 is 10.2 Å². The fourth-order valence-electron chi connectivity index (χ4n) is 2.85. The second kappa shape index (κ2) is 13.0. The highest BCUT2D eigenvalue weighted by atomic mass is 16.3. The van der Waals surface area contributed by atoms with Crippen LogP contribution in [0, 0.1) is 0 Å².